The second-order valence-electron chi connectivity index (χ2n) is 7.75. The number of nitrogens with one attached hydrogen (secondary N) is 1. The monoisotopic (exact) mass is 403 g/mol. The van der Waals surface area contributed by atoms with E-state index in [1.165, 1.54) is 25.5 Å². The zero-order chi connectivity index (χ0) is 21.8. The van der Waals surface area contributed by atoms with Crippen LogP contribution in [-0.4, -0.2) is 66.6 Å². The van der Waals surface area contributed by atoms with Crippen LogP contribution < -0.4 is 5.32 Å². The summed E-state index contributed by atoms with van der Waals surface area (Å²) in [6.07, 6.45) is 4.46. The standard InChI is InChI=1S/C17H22N2O3.C6H15N/c1-3-14(17(22)19-10-4-5-11-19)15(20)16(21)18-13-8-6-12(2)7-9-13;1-4-5-6-7(2)3/h3,6-9,14-15,20H,1,4-5,10-11H2,2H3,(H,18,21);4-6H2,1-3H3. The molecule has 0 spiro atoms. The number of aryl methyl sites for hydroxylation is 1. The van der Waals surface area contributed by atoms with Gasteiger partial charge in [-0.2, -0.15) is 0 Å². The molecule has 1 aromatic carbocycles. The highest BCUT2D eigenvalue weighted by molar-refractivity contribution is 5.98. The third-order valence-electron chi connectivity index (χ3n) is 4.84. The highest BCUT2D eigenvalue weighted by Crippen LogP contribution is 2.17. The van der Waals surface area contributed by atoms with Crippen LogP contribution in [0.4, 0.5) is 5.69 Å². The number of nitrogens with zero attached hydrogens (tertiary/aromatic N) is 2. The average molecular weight is 404 g/mol. The summed E-state index contributed by atoms with van der Waals surface area (Å²) in [4.78, 5) is 28.4. The molecule has 2 rings (SSSR count). The van der Waals surface area contributed by atoms with Crippen LogP contribution in [0.25, 0.3) is 0 Å². The molecule has 1 aliphatic rings. The first kappa shape index (κ1) is 24.9. The van der Waals surface area contributed by atoms with Crippen molar-refractivity contribution >= 4 is 17.5 Å². The van der Waals surface area contributed by atoms with Crippen LogP contribution in [0, 0.1) is 12.8 Å². The normalized spacial score (nSPS) is 15.3. The molecule has 1 aliphatic heterocycles. The van der Waals surface area contributed by atoms with Crippen LogP contribution in [0.15, 0.2) is 36.9 Å². The van der Waals surface area contributed by atoms with E-state index < -0.39 is 17.9 Å². The van der Waals surface area contributed by atoms with Crippen molar-refractivity contribution in [2.75, 3.05) is 39.0 Å². The Hall–Kier alpha value is -2.18. The van der Waals surface area contributed by atoms with E-state index in [0.717, 1.165) is 18.4 Å². The Kier molecular flexibility index (Phi) is 11.2. The maximum Gasteiger partial charge on any atom is 0.254 e. The second kappa shape index (κ2) is 13.1. The first-order valence-corrected chi connectivity index (χ1v) is 10.4. The van der Waals surface area contributed by atoms with Gasteiger partial charge in [0.05, 0.1) is 5.92 Å². The van der Waals surface area contributed by atoms with E-state index in [1.807, 2.05) is 19.1 Å². The molecule has 6 nitrogen and oxygen atoms in total. The van der Waals surface area contributed by atoms with Gasteiger partial charge < -0.3 is 20.2 Å². The first-order chi connectivity index (χ1) is 13.8. The van der Waals surface area contributed by atoms with E-state index in [2.05, 4.69) is 37.8 Å². The van der Waals surface area contributed by atoms with Crippen LogP contribution >= 0.6 is 0 Å². The Bertz CT molecular complexity index is 637. The Morgan fingerprint density at radius 2 is 1.83 bits per heavy atom. The fourth-order valence-electron chi connectivity index (χ4n) is 3.00. The van der Waals surface area contributed by atoms with Gasteiger partial charge >= 0.3 is 0 Å². The number of likely N-dealkylation sites (tertiary alicyclic amines) is 1. The van der Waals surface area contributed by atoms with Crippen molar-refractivity contribution in [1.82, 2.24) is 9.80 Å². The molecule has 2 N–H and O–H groups in total. The largest absolute Gasteiger partial charge is 0.382 e. The van der Waals surface area contributed by atoms with Gasteiger partial charge in [0.2, 0.25) is 5.91 Å². The van der Waals surface area contributed by atoms with E-state index in [4.69, 9.17) is 0 Å². The fraction of sp³-hybridized carbons (Fsp3) is 0.565. The second-order valence-corrected chi connectivity index (χ2v) is 7.75. The van der Waals surface area contributed by atoms with Gasteiger partial charge in [0, 0.05) is 18.8 Å². The van der Waals surface area contributed by atoms with Crippen molar-refractivity contribution < 1.29 is 14.7 Å². The third-order valence-corrected chi connectivity index (χ3v) is 4.84. The van der Waals surface area contributed by atoms with Gasteiger partial charge in [0.1, 0.15) is 6.10 Å². The number of carbonyl (C=O) groups excluding carboxylic acids is 2. The van der Waals surface area contributed by atoms with E-state index in [9.17, 15) is 14.7 Å². The van der Waals surface area contributed by atoms with Crippen molar-refractivity contribution in [3.8, 4) is 0 Å². The van der Waals surface area contributed by atoms with E-state index >= 15 is 0 Å². The molecule has 0 radical (unpaired) electrons. The molecule has 2 amide bonds. The van der Waals surface area contributed by atoms with E-state index in [-0.39, 0.29) is 5.91 Å². The maximum atomic E-state index is 12.3. The quantitative estimate of drug-likeness (QED) is 0.655. The lowest BCUT2D eigenvalue weighted by Gasteiger charge is -2.24. The third kappa shape index (κ3) is 8.79. The van der Waals surface area contributed by atoms with Crippen LogP contribution in [0.2, 0.25) is 0 Å². The summed E-state index contributed by atoms with van der Waals surface area (Å²) in [5.41, 5.74) is 1.66. The van der Waals surface area contributed by atoms with Gasteiger partial charge in [0.25, 0.3) is 5.91 Å². The maximum absolute atomic E-state index is 12.3. The molecular formula is C23H37N3O3. The lowest BCUT2D eigenvalue weighted by molar-refractivity contribution is -0.141. The number of amides is 2. The lowest BCUT2D eigenvalue weighted by atomic mass is 10.00. The van der Waals surface area contributed by atoms with Crippen molar-refractivity contribution in [2.24, 2.45) is 5.92 Å². The molecule has 0 aromatic heterocycles. The lowest BCUT2D eigenvalue weighted by Crippen LogP contribution is -2.43. The summed E-state index contributed by atoms with van der Waals surface area (Å²) in [7, 11) is 4.21. The molecule has 2 atom stereocenters. The van der Waals surface area contributed by atoms with E-state index in [0.29, 0.717) is 18.8 Å². The number of hydrogen-bond acceptors (Lipinski definition) is 4. The van der Waals surface area contributed by atoms with Crippen LogP contribution in [0.5, 0.6) is 0 Å². The minimum absolute atomic E-state index is 0.237. The van der Waals surface area contributed by atoms with Crippen molar-refractivity contribution in [1.29, 1.82) is 0 Å². The minimum atomic E-state index is -1.44. The van der Waals surface area contributed by atoms with Crippen LogP contribution in [0.1, 0.15) is 38.2 Å². The number of anilines is 1. The summed E-state index contributed by atoms with van der Waals surface area (Å²) in [5, 5.41) is 12.8. The first-order valence-electron chi connectivity index (χ1n) is 10.4. The molecule has 1 fully saturated rings. The van der Waals surface area contributed by atoms with Gasteiger partial charge in [-0.3, -0.25) is 9.59 Å². The fourth-order valence-corrected chi connectivity index (χ4v) is 3.00. The predicted molar refractivity (Wildman–Crippen MR) is 119 cm³/mol. The Labute approximate surface area is 175 Å². The molecule has 0 aliphatic carbocycles. The van der Waals surface area contributed by atoms with Crippen LogP contribution in [0.3, 0.4) is 0 Å². The van der Waals surface area contributed by atoms with Crippen molar-refractivity contribution in [2.45, 2.75) is 45.6 Å². The summed E-state index contributed by atoms with van der Waals surface area (Å²) in [6.45, 7) is 10.3. The SMILES string of the molecule is C=CC(C(=O)N1CCCC1)C(O)C(=O)Nc1ccc(C)cc1.CCCCN(C)C. The highest BCUT2D eigenvalue weighted by Gasteiger charge is 2.33. The smallest absolute Gasteiger partial charge is 0.254 e. The molecular weight excluding hydrogens is 366 g/mol. The Balaban J connectivity index is 0.000000516. The van der Waals surface area contributed by atoms with Crippen molar-refractivity contribution in [3.63, 3.8) is 0 Å². The molecule has 1 saturated heterocycles. The molecule has 1 heterocycles. The zero-order valence-electron chi connectivity index (χ0n) is 18.4. The molecule has 0 saturated carbocycles. The number of aliphatic hydroxyl groups is 1. The molecule has 162 valence electrons. The highest BCUT2D eigenvalue weighted by atomic mass is 16.3. The number of unbranched alkanes of at least 4 members (excludes halogenated alkanes) is 1. The molecule has 0 bridgehead atoms. The van der Waals surface area contributed by atoms with Gasteiger partial charge in [-0.1, -0.05) is 37.1 Å². The van der Waals surface area contributed by atoms with Gasteiger partial charge in [-0.15, -0.1) is 6.58 Å². The van der Waals surface area contributed by atoms with Gasteiger partial charge in [-0.05, 0) is 59.0 Å². The number of aliphatic hydroxyl groups excluding tert-OH is 1. The number of rotatable bonds is 8. The number of carbonyl (C=O) groups is 2. The summed E-state index contributed by atoms with van der Waals surface area (Å²) >= 11 is 0. The average Bonchev–Trinajstić information content (AvgIpc) is 3.23. The Morgan fingerprint density at radius 3 is 2.28 bits per heavy atom. The topological polar surface area (TPSA) is 72.9 Å². The van der Waals surface area contributed by atoms with Crippen molar-refractivity contribution in [3.05, 3.63) is 42.5 Å². The van der Waals surface area contributed by atoms with Crippen LogP contribution in [-0.2, 0) is 9.59 Å². The van der Waals surface area contributed by atoms with Gasteiger partial charge in [-0.25, -0.2) is 0 Å². The number of benzene rings is 1. The molecule has 29 heavy (non-hydrogen) atoms. The summed E-state index contributed by atoms with van der Waals surface area (Å²) < 4.78 is 0. The van der Waals surface area contributed by atoms with E-state index in [1.54, 1.807) is 17.0 Å². The molecule has 1 aromatic rings. The Morgan fingerprint density at radius 1 is 1.24 bits per heavy atom. The van der Waals surface area contributed by atoms with Gasteiger partial charge in [0.15, 0.2) is 0 Å². The molecule has 6 heteroatoms. The summed E-state index contributed by atoms with van der Waals surface area (Å²) in [5.74, 6) is -1.75. The predicted octanol–water partition coefficient (Wildman–Crippen LogP) is 3.07. The zero-order valence-corrected chi connectivity index (χ0v) is 18.4. The minimum Gasteiger partial charge on any atom is -0.382 e. The summed E-state index contributed by atoms with van der Waals surface area (Å²) in [6, 6.07) is 7.24. The molecule has 2 unspecified atom stereocenters. The number of hydrogen-bond donors (Lipinski definition) is 2.